The molecule has 1 heterocycles. The lowest BCUT2D eigenvalue weighted by Gasteiger charge is -2.23. The largest absolute Gasteiger partial charge is 0.389 e. The number of rotatable bonds is 4. The first-order valence-corrected chi connectivity index (χ1v) is 6.35. The first-order chi connectivity index (χ1) is 9.08. The molecule has 2 rings (SSSR count). The second-order valence-corrected chi connectivity index (χ2v) is 4.80. The Kier molecular flexibility index (Phi) is 4.39. The lowest BCUT2D eigenvalue weighted by molar-refractivity contribution is -0.00461. The number of ether oxygens (including phenoxy) is 2. The van der Waals surface area contributed by atoms with Crippen LogP contribution in [0.2, 0.25) is 0 Å². The van der Waals surface area contributed by atoms with Crippen LogP contribution in [0.1, 0.15) is 18.6 Å². The van der Waals surface area contributed by atoms with Crippen molar-refractivity contribution in [3.05, 3.63) is 29.6 Å². The second kappa shape index (κ2) is 5.86. The number of nitrogens with zero attached hydrogens (tertiary/aromatic N) is 1. The lowest BCUT2D eigenvalue weighted by Crippen LogP contribution is -2.27. The third-order valence-electron chi connectivity index (χ3n) is 3.61. The van der Waals surface area contributed by atoms with E-state index in [2.05, 4.69) is 0 Å². The minimum atomic E-state index is -0.848. The van der Waals surface area contributed by atoms with E-state index in [-0.39, 0.29) is 18.0 Å². The molecule has 1 aromatic carbocycles. The molecule has 0 radical (unpaired) electrons. The molecule has 19 heavy (non-hydrogen) atoms. The SMILES string of the molecule is COC1CN(c2cccc(F)c2[C@H](C)O)CC1OC. The molecule has 0 spiro atoms. The molecule has 2 unspecified atom stereocenters. The Hall–Kier alpha value is -1.17. The molecule has 3 atom stereocenters. The normalized spacial score (nSPS) is 24.8. The smallest absolute Gasteiger partial charge is 0.131 e. The zero-order chi connectivity index (χ0) is 14.0. The predicted molar refractivity (Wildman–Crippen MR) is 70.8 cm³/mol. The Morgan fingerprint density at radius 2 is 1.84 bits per heavy atom. The predicted octanol–water partition coefficient (Wildman–Crippen LogP) is 1.73. The monoisotopic (exact) mass is 269 g/mol. The number of aliphatic hydroxyl groups excluding tert-OH is 1. The molecule has 0 saturated carbocycles. The molecule has 1 aliphatic rings. The van der Waals surface area contributed by atoms with Crippen LogP contribution in [-0.2, 0) is 9.47 Å². The van der Waals surface area contributed by atoms with Crippen molar-refractivity contribution in [3.8, 4) is 0 Å². The van der Waals surface area contributed by atoms with Gasteiger partial charge in [0.25, 0.3) is 0 Å². The van der Waals surface area contributed by atoms with E-state index in [1.54, 1.807) is 27.2 Å². The number of aliphatic hydroxyl groups is 1. The summed E-state index contributed by atoms with van der Waals surface area (Å²) in [6, 6.07) is 4.83. The molecule has 1 saturated heterocycles. The fraction of sp³-hybridized carbons (Fsp3) is 0.571. The van der Waals surface area contributed by atoms with Gasteiger partial charge in [0.05, 0.1) is 6.10 Å². The molecule has 0 bridgehead atoms. The minimum absolute atomic E-state index is 0.0462. The van der Waals surface area contributed by atoms with Crippen LogP contribution in [0.4, 0.5) is 10.1 Å². The third-order valence-corrected chi connectivity index (χ3v) is 3.61. The standard InChI is InChI=1S/C14H20FNO3/c1-9(17)14-10(15)5-4-6-11(14)16-7-12(18-2)13(8-16)19-3/h4-6,9,12-13,17H,7-8H2,1-3H3/t9-,12?,13?/m0/s1. The quantitative estimate of drug-likeness (QED) is 0.904. The van der Waals surface area contributed by atoms with Crippen LogP contribution in [0.3, 0.4) is 0 Å². The van der Waals surface area contributed by atoms with Gasteiger partial charge in [-0.1, -0.05) is 6.07 Å². The molecule has 0 aliphatic carbocycles. The van der Waals surface area contributed by atoms with Crippen LogP contribution < -0.4 is 4.90 Å². The molecule has 0 aromatic heterocycles. The van der Waals surface area contributed by atoms with Gasteiger partial charge in [-0.15, -0.1) is 0 Å². The first kappa shape index (κ1) is 14.2. The molecule has 1 fully saturated rings. The third kappa shape index (κ3) is 2.73. The summed E-state index contributed by atoms with van der Waals surface area (Å²) < 4.78 is 24.6. The summed E-state index contributed by atoms with van der Waals surface area (Å²) in [4.78, 5) is 1.99. The van der Waals surface area contributed by atoms with E-state index in [1.165, 1.54) is 6.07 Å². The van der Waals surface area contributed by atoms with Gasteiger partial charge in [0.2, 0.25) is 0 Å². The molecule has 0 amide bonds. The molecule has 4 nitrogen and oxygen atoms in total. The maximum absolute atomic E-state index is 13.9. The molecule has 1 aliphatic heterocycles. The Labute approximate surface area is 112 Å². The summed E-state index contributed by atoms with van der Waals surface area (Å²) >= 11 is 0. The molecule has 5 heteroatoms. The van der Waals surface area contributed by atoms with Crippen molar-refractivity contribution in [1.82, 2.24) is 0 Å². The van der Waals surface area contributed by atoms with E-state index in [0.29, 0.717) is 24.3 Å². The number of methoxy groups -OCH3 is 2. The summed E-state index contributed by atoms with van der Waals surface area (Å²) in [5.41, 5.74) is 1.03. The first-order valence-electron chi connectivity index (χ1n) is 6.35. The fourth-order valence-electron chi connectivity index (χ4n) is 2.61. The van der Waals surface area contributed by atoms with Gasteiger partial charge in [0.1, 0.15) is 18.0 Å². The van der Waals surface area contributed by atoms with Crippen molar-refractivity contribution in [2.45, 2.75) is 25.2 Å². The summed E-state index contributed by atoms with van der Waals surface area (Å²) in [5, 5.41) is 9.76. The summed E-state index contributed by atoms with van der Waals surface area (Å²) in [7, 11) is 3.28. The highest BCUT2D eigenvalue weighted by molar-refractivity contribution is 5.56. The zero-order valence-electron chi connectivity index (χ0n) is 11.5. The molecular weight excluding hydrogens is 249 g/mol. The Morgan fingerprint density at radius 3 is 2.32 bits per heavy atom. The van der Waals surface area contributed by atoms with Gasteiger partial charge < -0.3 is 19.5 Å². The number of benzene rings is 1. The fourth-order valence-corrected chi connectivity index (χ4v) is 2.61. The van der Waals surface area contributed by atoms with Gasteiger partial charge in [0.15, 0.2) is 0 Å². The molecule has 1 N–H and O–H groups in total. The van der Waals surface area contributed by atoms with Gasteiger partial charge in [-0.3, -0.25) is 0 Å². The minimum Gasteiger partial charge on any atom is -0.389 e. The highest BCUT2D eigenvalue weighted by Gasteiger charge is 2.34. The van der Waals surface area contributed by atoms with Crippen molar-refractivity contribution < 1.29 is 19.0 Å². The van der Waals surface area contributed by atoms with Gasteiger partial charge in [-0.25, -0.2) is 4.39 Å². The highest BCUT2D eigenvalue weighted by Crippen LogP contribution is 2.32. The summed E-state index contributed by atoms with van der Waals surface area (Å²) in [6.45, 7) is 2.82. The summed E-state index contributed by atoms with van der Waals surface area (Å²) in [5.74, 6) is -0.387. The summed E-state index contributed by atoms with van der Waals surface area (Å²) in [6.07, 6.45) is -0.941. The van der Waals surface area contributed by atoms with Crippen LogP contribution in [0.5, 0.6) is 0 Å². The maximum Gasteiger partial charge on any atom is 0.131 e. The van der Waals surface area contributed by atoms with E-state index in [0.717, 1.165) is 0 Å². The van der Waals surface area contributed by atoms with Gasteiger partial charge >= 0.3 is 0 Å². The van der Waals surface area contributed by atoms with E-state index in [9.17, 15) is 9.50 Å². The van der Waals surface area contributed by atoms with Crippen molar-refractivity contribution in [2.75, 3.05) is 32.2 Å². The van der Waals surface area contributed by atoms with Crippen molar-refractivity contribution in [1.29, 1.82) is 0 Å². The van der Waals surface area contributed by atoms with E-state index >= 15 is 0 Å². The van der Waals surface area contributed by atoms with Crippen molar-refractivity contribution in [2.24, 2.45) is 0 Å². The van der Waals surface area contributed by atoms with Gasteiger partial charge in [-0.2, -0.15) is 0 Å². The number of halogens is 1. The lowest BCUT2D eigenvalue weighted by atomic mass is 10.1. The molecule has 1 aromatic rings. The number of anilines is 1. The average Bonchev–Trinajstić information content (AvgIpc) is 2.81. The van der Waals surface area contributed by atoms with Crippen LogP contribution >= 0.6 is 0 Å². The van der Waals surface area contributed by atoms with Gasteiger partial charge in [0, 0.05) is 38.6 Å². The number of hydrogen-bond acceptors (Lipinski definition) is 4. The zero-order valence-corrected chi connectivity index (χ0v) is 11.5. The van der Waals surface area contributed by atoms with Crippen LogP contribution in [0.15, 0.2) is 18.2 Å². The van der Waals surface area contributed by atoms with Gasteiger partial charge in [-0.05, 0) is 19.1 Å². The van der Waals surface area contributed by atoms with Crippen molar-refractivity contribution >= 4 is 5.69 Å². The van der Waals surface area contributed by atoms with E-state index in [4.69, 9.17) is 9.47 Å². The van der Waals surface area contributed by atoms with E-state index in [1.807, 2.05) is 11.0 Å². The average molecular weight is 269 g/mol. The van der Waals surface area contributed by atoms with Crippen LogP contribution in [0, 0.1) is 5.82 Å². The van der Waals surface area contributed by atoms with Crippen LogP contribution in [-0.4, -0.2) is 44.6 Å². The maximum atomic E-state index is 13.9. The Balaban J connectivity index is 2.31. The highest BCUT2D eigenvalue weighted by atomic mass is 19.1. The Bertz CT molecular complexity index is 427. The Morgan fingerprint density at radius 1 is 1.26 bits per heavy atom. The van der Waals surface area contributed by atoms with E-state index < -0.39 is 6.10 Å². The van der Waals surface area contributed by atoms with Crippen LogP contribution in [0.25, 0.3) is 0 Å². The number of hydrogen-bond donors (Lipinski definition) is 1. The second-order valence-electron chi connectivity index (χ2n) is 4.80. The molecule has 106 valence electrons. The topological polar surface area (TPSA) is 41.9 Å². The molecular formula is C14H20FNO3. The van der Waals surface area contributed by atoms with Crippen molar-refractivity contribution in [3.63, 3.8) is 0 Å².